The Balaban J connectivity index is 3.96. The van der Waals surface area contributed by atoms with Gasteiger partial charge in [0.15, 0.2) is 0 Å². The lowest BCUT2D eigenvalue weighted by molar-refractivity contribution is 0.903. The lowest BCUT2D eigenvalue weighted by atomic mass is 10.1. The van der Waals surface area contributed by atoms with Gasteiger partial charge in [-0.1, -0.05) is 36.6 Å². The summed E-state index contributed by atoms with van der Waals surface area (Å²) in [5.41, 5.74) is 8.09. The summed E-state index contributed by atoms with van der Waals surface area (Å²) in [6.45, 7) is 7.09. The van der Waals surface area contributed by atoms with Crippen LogP contribution in [-0.4, -0.2) is 6.54 Å². The summed E-state index contributed by atoms with van der Waals surface area (Å²) in [5, 5.41) is 0. The van der Waals surface area contributed by atoms with E-state index in [-0.39, 0.29) is 0 Å². The smallest absolute Gasteiger partial charge is 0.0112 e. The van der Waals surface area contributed by atoms with Crippen molar-refractivity contribution in [2.45, 2.75) is 33.6 Å². The fraction of sp³-hybridized carbons (Fsp3) is 0.600. The molecule has 0 aliphatic carbocycles. The van der Waals surface area contributed by atoms with Crippen molar-refractivity contribution in [3.63, 3.8) is 0 Å². The van der Waals surface area contributed by atoms with Gasteiger partial charge in [0.1, 0.15) is 0 Å². The summed E-state index contributed by atoms with van der Waals surface area (Å²) in [4.78, 5) is 0. The van der Waals surface area contributed by atoms with Crippen LogP contribution < -0.4 is 5.73 Å². The maximum Gasteiger partial charge on any atom is 0.0112 e. The topological polar surface area (TPSA) is 26.0 Å². The number of hydrogen-bond donors (Lipinski definition) is 1. The molecule has 64 valence electrons. The van der Waals surface area contributed by atoms with Crippen LogP contribution >= 0.6 is 0 Å². The van der Waals surface area contributed by atoms with Crippen LogP contribution in [0.15, 0.2) is 23.3 Å². The molecular weight excluding hydrogens is 134 g/mol. The molecular formula is C10H19N. The van der Waals surface area contributed by atoms with E-state index in [4.69, 9.17) is 5.73 Å². The van der Waals surface area contributed by atoms with Gasteiger partial charge >= 0.3 is 0 Å². The van der Waals surface area contributed by atoms with Crippen molar-refractivity contribution < 1.29 is 0 Å². The molecule has 0 saturated heterocycles. The summed E-state index contributed by atoms with van der Waals surface area (Å²) < 4.78 is 0. The molecule has 1 heteroatoms. The van der Waals surface area contributed by atoms with Gasteiger partial charge in [0.25, 0.3) is 0 Å². The van der Waals surface area contributed by atoms with Crippen molar-refractivity contribution >= 4 is 0 Å². The summed E-state index contributed by atoms with van der Waals surface area (Å²) in [6.07, 6.45) is 6.66. The van der Waals surface area contributed by atoms with Crippen LogP contribution in [0.1, 0.15) is 33.6 Å². The fourth-order valence-corrected chi connectivity index (χ4v) is 1.10. The molecule has 0 saturated carbocycles. The first-order chi connectivity index (χ1) is 5.20. The van der Waals surface area contributed by atoms with Crippen LogP contribution in [-0.2, 0) is 0 Å². The van der Waals surface area contributed by atoms with Crippen molar-refractivity contribution in [1.29, 1.82) is 0 Å². The molecule has 0 fully saturated rings. The van der Waals surface area contributed by atoms with E-state index in [9.17, 15) is 0 Å². The molecule has 0 aromatic heterocycles. The number of nitrogens with two attached hydrogens (primary N) is 1. The minimum Gasteiger partial charge on any atom is -0.327 e. The van der Waals surface area contributed by atoms with E-state index >= 15 is 0 Å². The summed E-state index contributed by atoms with van der Waals surface area (Å²) >= 11 is 0. The van der Waals surface area contributed by atoms with Crippen molar-refractivity contribution in [2.24, 2.45) is 5.73 Å². The number of hydrogen-bond acceptors (Lipinski definition) is 1. The maximum atomic E-state index is 5.37. The second kappa shape index (κ2) is 6.17. The molecule has 0 unspecified atom stereocenters. The van der Waals surface area contributed by atoms with E-state index in [1.165, 1.54) is 24.0 Å². The van der Waals surface area contributed by atoms with Gasteiger partial charge < -0.3 is 5.73 Å². The summed E-state index contributed by atoms with van der Waals surface area (Å²) in [5.74, 6) is 0. The van der Waals surface area contributed by atoms with Crippen molar-refractivity contribution in [2.75, 3.05) is 6.54 Å². The third-order valence-corrected chi connectivity index (χ3v) is 1.56. The molecule has 0 aliphatic heterocycles. The Morgan fingerprint density at radius 1 is 1.36 bits per heavy atom. The van der Waals surface area contributed by atoms with E-state index < -0.39 is 0 Å². The van der Waals surface area contributed by atoms with E-state index in [1.807, 2.05) is 6.08 Å². The average molecular weight is 153 g/mol. The van der Waals surface area contributed by atoms with Gasteiger partial charge in [0.05, 0.1) is 0 Å². The molecule has 0 rings (SSSR count). The molecule has 1 nitrogen and oxygen atoms in total. The lowest BCUT2D eigenvalue weighted by Crippen LogP contribution is -1.93. The van der Waals surface area contributed by atoms with Crippen LogP contribution in [0, 0.1) is 0 Å². The van der Waals surface area contributed by atoms with E-state index in [0.29, 0.717) is 6.54 Å². The minimum absolute atomic E-state index is 0.641. The van der Waals surface area contributed by atoms with Crippen LogP contribution in [0.25, 0.3) is 0 Å². The molecule has 0 bridgehead atoms. The van der Waals surface area contributed by atoms with Gasteiger partial charge in [-0.3, -0.25) is 0 Å². The SMILES string of the molecule is CCCC(C)=CC(C)=CCN. The lowest BCUT2D eigenvalue weighted by Gasteiger charge is -1.97. The number of rotatable bonds is 4. The van der Waals surface area contributed by atoms with Crippen molar-refractivity contribution in [3.05, 3.63) is 23.3 Å². The Morgan fingerprint density at radius 2 is 2.00 bits per heavy atom. The van der Waals surface area contributed by atoms with Gasteiger partial charge in [-0.2, -0.15) is 0 Å². The van der Waals surface area contributed by atoms with Crippen molar-refractivity contribution in [3.8, 4) is 0 Å². The Hall–Kier alpha value is -0.560. The summed E-state index contributed by atoms with van der Waals surface area (Å²) in [7, 11) is 0. The highest BCUT2D eigenvalue weighted by molar-refractivity contribution is 5.20. The second-order valence-electron chi connectivity index (χ2n) is 2.92. The molecule has 0 heterocycles. The zero-order valence-corrected chi connectivity index (χ0v) is 7.85. The van der Waals surface area contributed by atoms with Gasteiger partial charge in [-0.25, -0.2) is 0 Å². The molecule has 0 amide bonds. The van der Waals surface area contributed by atoms with Gasteiger partial charge in [0, 0.05) is 6.54 Å². The molecule has 0 spiro atoms. The average Bonchev–Trinajstić information content (AvgIpc) is 1.87. The van der Waals surface area contributed by atoms with Crippen LogP contribution in [0.3, 0.4) is 0 Å². The van der Waals surface area contributed by atoms with Crippen LogP contribution in [0.2, 0.25) is 0 Å². The Kier molecular flexibility index (Phi) is 5.86. The monoisotopic (exact) mass is 153 g/mol. The number of allylic oxidation sites excluding steroid dienone is 3. The normalized spacial score (nSPS) is 13.8. The quantitative estimate of drug-likeness (QED) is 0.617. The van der Waals surface area contributed by atoms with Gasteiger partial charge in [0.2, 0.25) is 0 Å². The predicted octanol–water partition coefficient (Wildman–Crippen LogP) is 2.64. The van der Waals surface area contributed by atoms with E-state index in [2.05, 4.69) is 26.8 Å². The highest BCUT2D eigenvalue weighted by Crippen LogP contribution is 2.06. The van der Waals surface area contributed by atoms with E-state index in [1.54, 1.807) is 0 Å². The predicted molar refractivity (Wildman–Crippen MR) is 51.5 cm³/mol. The highest BCUT2D eigenvalue weighted by atomic mass is 14.5. The fourth-order valence-electron chi connectivity index (χ4n) is 1.10. The highest BCUT2D eigenvalue weighted by Gasteiger charge is 1.87. The van der Waals surface area contributed by atoms with Crippen molar-refractivity contribution in [1.82, 2.24) is 0 Å². The van der Waals surface area contributed by atoms with Crippen LogP contribution in [0.4, 0.5) is 0 Å². The first-order valence-electron chi connectivity index (χ1n) is 4.24. The first-order valence-corrected chi connectivity index (χ1v) is 4.24. The standard InChI is InChI=1S/C10H19N/c1-4-5-9(2)8-10(3)6-7-11/h6,8H,4-5,7,11H2,1-3H3. The Bertz CT molecular complexity index is 154. The summed E-state index contributed by atoms with van der Waals surface area (Å²) in [6, 6.07) is 0. The third kappa shape index (κ3) is 5.86. The molecule has 0 radical (unpaired) electrons. The Labute approximate surface area is 70.0 Å². The van der Waals surface area contributed by atoms with Crippen LogP contribution in [0.5, 0.6) is 0 Å². The molecule has 11 heavy (non-hydrogen) atoms. The molecule has 0 aliphatic rings. The maximum absolute atomic E-state index is 5.37. The molecule has 0 aromatic carbocycles. The zero-order valence-electron chi connectivity index (χ0n) is 7.85. The second-order valence-corrected chi connectivity index (χ2v) is 2.92. The minimum atomic E-state index is 0.641. The van der Waals surface area contributed by atoms with Gasteiger partial charge in [-0.15, -0.1) is 0 Å². The zero-order chi connectivity index (χ0) is 8.69. The van der Waals surface area contributed by atoms with Gasteiger partial charge in [-0.05, 0) is 20.3 Å². The Morgan fingerprint density at radius 3 is 2.45 bits per heavy atom. The van der Waals surface area contributed by atoms with E-state index in [0.717, 1.165) is 0 Å². The molecule has 0 aromatic rings. The first kappa shape index (κ1) is 10.4. The molecule has 2 N–H and O–H groups in total. The third-order valence-electron chi connectivity index (χ3n) is 1.56. The largest absolute Gasteiger partial charge is 0.327 e. The molecule has 0 atom stereocenters.